The predicted octanol–water partition coefficient (Wildman–Crippen LogP) is 6.23. The van der Waals surface area contributed by atoms with E-state index >= 15 is 0 Å². The molecule has 0 aliphatic carbocycles. The number of ether oxygens (including phenoxy) is 2. The van der Waals surface area contributed by atoms with Crippen LogP contribution in [-0.2, 0) is 14.4 Å². The number of non-ortho nitro benzene ring substituents is 1. The minimum atomic E-state index is -1.16. The fraction of sp³-hybridized carbons (Fsp3) is 0.156. The zero-order chi connectivity index (χ0) is 29.8. The number of hydrogen-bond acceptors (Lipinski definition) is 8. The lowest BCUT2D eigenvalue weighted by Gasteiger charge is -2.16. The van der Waals surface area contributed by atoms with Gasteiger partial charge in [-0.15, -0.1) is 0 Å². The van der Waals surface area contributed by atoms with Crippen molar-refractivity contribution in [3.63, 3.8) is 0 Å². The zero-order valence-electron chi connectivity index (χ0n) is 23.1. The van der Waals surface area contributed by atoms with E-state index in [9.17, 15) is 14.9 Å². The summed E-state index contributed by atoms with van der Waals surface area (Å²) in [6, 6.07) is 26.8. The molecule has 1 unspecified atom stereocenters. The Balaban J connectivity index is 1.70. The Hall–Kier alpha value is -5.53. The standard InChI is InChI=1S/C32H26N4O6/c1-20-15-25(41-21(2)19-40-3)11-12-26(20)32(34-42-31(37)18-33)22-9-13-29-27(16-22)28-17-24(36(38)39)10-14-30(28)35(29)23-7-5-4-6-8-23/h4-17,21H,19H2,1-3H3/b34-32+. The van der Waals surface area contributed by atoms with E-state index in [0.717, 1.165) is 27.7 Å². The van der Waals surface area contributed by atoms with E-state index in [1.54, 1.807) is 31.4 Å². The molecule has 0 spiro atoms. The van der Waals surface area contributed by atoms with Crippen molar-refractivity contribution in [1.29, 1.82) is 5.26 Å². The van der Waals surface area contributed by atoms with Gasteiger partial charge in [0.25, 0.3) is 5.69 Å². The normalized spacial score (nSPS) is 12.2. The van der Waals surface area contributed by atoms with Crippen LogP contribution in [0.3, 0.4) is 0 Å². The van der Waals surface area contributed by atoms with Gasteiger partial charge in [0.2, 0.25) is 0 Å². The molecule has 1 atom stereocenters. The zero-order valence-corrected chi connectivity index (χ0v) is 23.1. The maximum Gasteiger partial charge on any atom is 0.436 e. The van der Waals surface area contributed by atoms with E-state index < -0.39 is 10.9 Å². The molecule has 10 nitrogen and oxygen atoms in total. The quantitative estimate of drug-likeness (QED) is 0.0684. The summed E-state index contributed by atoms with van der Waals surface area (Å²) in [5, 5.41) is 26.1. The van der Waals surface area contributed by atoms with Crippen LogP contribution in [0.25, 0.3) is 27.5 Å². The second kappa shape index (κ2) is 11.9. The molecular formula is C32H26N4O6. The van der Waals surface area contributed by atoms with E-state index in [4.69, 9.17) is 19.6 Å². The first-order chi connectivity index (χ1) is 20.3. The second-order valence-corrected chi connectivity index (χ2v) is 9.65. The topological polar surface area (TPSA) is 129 Å². The van der Waals surface area contributed by atoms with E-state index in [-0.39, 0.29) is 11.8 Å². The molecule has 42 heavy (non-hydrogen) atoms. The average molecular weight is 563 g/mol. The van der Waals surface area contributed by atoms with E-state index in [1.165, 1.54) is 12.1 Å². The predicted molar refractivity (Wildman–Crippen MR) is 158 cm³/mol. The number of nitriles is 1. The Labute approximate surface area is 241 Å². The van der Waals surface area contributed by atoms with Crippen LogP contribution in [0.2, 0.25) is 0 Å². The molecule has 5 rings (SSSR count). The third-order valence-corrected chi connectivity index (χ3v) is 6.75. The minimum absolute atomic E-state index is 0.0361. The minimum Gasteiger partial charge on any atom is -0.488 e. The Morgan fingerprint density at radius 1 is 1.02 bits per heavy atom. The number of nitro benzene ring substituents is 1. The Bertz CT molecular complexity index is 1890. The highest BCUT2D eigenvalue weighted by Crippen LogP contribution is 2.35. The molecule has 210 valence electrons. The van der Waals surface area contributed by atoms with Gasteiger partial charge in [0, 0.05) is 46.8 Å². The molecule has 0 bridgehead atoms. The van der Waals surface area contributed by atoms with Crippen LogP contribution in [0.4, 0.5) is 5.69 Å². The number of methoxy groups -OCH3 is 1. The Kier molecular flexibility index (Phi) is 7.95. The highest BCUT2D eigenvalue weighted by Gasteiger charge is 2.20. The summed E-state index contributed by atoms with van der Waals surface area (Å²) in [6.45, 7) is 4.19. The van der Waals surface area contributed by atoms with E-state index in [2.05, 4.69) is 5.16 Å². The van der Waals surface area contributed by atoms with Gasteiger partial charge in [-0.25, -0.2) is 4.79 Å². The number of benzene rings is 4. The summed E-state index contributed by atoms with van der Waals surface area (Å²) in [5.74, 6) is -0.529. The lowest BCUT2D eigenvalue weighted by molar-refractivity contribution is -0.384. The average Bonchev–Trinajstić information content (AvgIpc) is 3.31. The molecule has 10 heteroatoms. The van der Waals surface area contributed by atoms with Crippen molar-refractivity contribution in [2.45, 2.75) is 20.0 Å². The number of carbonyl (C=O) groups excluding carboxylic acids is 1. The van der Waals surface area contributed by atoms with Gasteiger partial charge in [-0.1, -0.05) is 29.4 Å². The van der Waals surface area contributed by atoms with Gasteiger partial charge in [-0.05, 0) is 67.9 Å². The van der Waals surface area contributed by atoms with Gasteiger partial charge in [0.15, 0.2) is 6.07 Å². The molecule has 0 radical (unpaired) electrons. The number of oxime groups is 1. The van der Waals surface area contributed by atoms with Gasteiger partial charge in [0.05, 0.1) is 22.6 Å². The molecule has 5 aromatic rings. The first-order valence-corrected chi connectivity index (χ1v) is 13.0. The molecule has 0 saturated heterocycles. The van der Waals surface area contributed by atoms with Crippen LogP contribution in [0.15, 0.2) is 90.1 Å². The van der Waals surface area contributed by atoms with Crippen LogP contribution >= 0.6 is 0 Å². The van der Waals surface area contributed by atoms with Gasteiger partial charge in [-0.2, -0.15) is 5.26 Å². The second-order valence-electron chi connectivity index (χ2n) is 9.65. The van der Waals surface area contributed by atoms with Crippen LogP contribution in [0, 0.1) is 28.4 Å². The van der Waals surface area contributed by atoms with E-state index in [0.29, 0.717) is 34.6 Å². The maximum absolute atomic E-state index is 11.8. The lowest BCUT2D eigenvalue weighted by Crippen LogP contribution is -2.18. The Morgan fingerprint density at radius 3 is 2.40 bits per heavy atom. The number of para-hydroxylation sites is 1. The largest absolute Gasteiger partial charge is 0.488 e. The third kappa shape index (κ3) is 5.54. The van der Waals surface area contributed by atoms with Crippen LogP contribution in [-0.4, -0.2) is 41.0 Å². The molecule has 0 N–H and O–H groups in total. The van der Waals surface area contributed by atoms with Crippen LogP contribution < -0.4 is 4.74 Å². The summed E-state index contributed by atoms with van der Waals surface area (Å²) in [6.07, 6.45) is -0.168. The lowest BCUT2D eigenvalue weighted by atomic mass is 9.96. The van der Waals surface area contributed by atoms with Crippen molar-refractivity contribution < 1.29 is 24.0 Å². The summed E-state index contributed by atoms with van der Waals surface area (Å²) in [7, 11) is 1.60. The molecule has 1 aromatic heterocycles. The summed E-state index contributed by atoms with van der Waals surface area (Å²) in [4.78, 5) is 27.9. The van der Waals surface area contributed by atoms with Gasteiger partial charge < -0.3 is 18.9 Å². The molecule has 0 amide bonds. The van der Waals surface area contributed by atoms with E-state index in [1.807, 2.05) is 73.0 Å². The number of aryl methyl sites for hydroxylation is 1. The number of nitro groups is 1. The van der Waals surface area contributed by atoms with Crippen molar-refractivity contribution in [2.75, 3.05) is 13.7 Å². The number of rotatable bonds is 9. The number of hydrogen-bond donors (Lipinski definition) is 0. The maximum atomic E-state index is 11.8. The number of carbonyl (C=O) groups is 1. The van der Waals surface area contributed by atoms with Crippen molar-refractivity contribution >= 4 is 39.2 Å². The summed E-state index contributed by atoms with van der Waals surface area (Å²) < 4.78 is 13.1. The molecule has 0 fully saturated rings. The fourth-order valence-corrected chi connectivity index (χ4v) is 4.97. The molecule has 1 heterocycles. The molecular weight excluding hydrogens is 536 g/mol. The highest BCUT2D eigenvalue weighted by atomic mass is 16.7. The van der Waals surface area contributed by atoms with Crippen molar-refractivity contribution in [2.24, 2.45) is 5.16 Å². The van der Waals surface area contributed by atoms with Crippen LogP contribution in [0.5, 0.6) is 5.75 Å². The molecule has 0 saturated carbocycles. The van der Waals surface area contributed by atoms with Gasteiger partial charge >= 0.3 is 5.97 Å². The number of aromatic nitrogens is 1. The smallest absolute Gasteiger partial charge is 0.436 e. The number of fused-ring (bicyclic) bond motifs is 3. The SMILES string of the molecule is COCC(C)Oc1ccc(/C(=N/OC(=O)C#N)c2ccc3c(c2)c2cc([N+](=O)[O-])ccc2n3-c2ccccc2)c(C)c1. The van der Waals surface area contributed by atoms with Crippen LogP contribution in [0.1, 0.15) is 23.6 Å². The Morgan fingerprint density at radius 2 is 1.74 bits per heavy atom. The van der Waals surface area contributed by atoms with Crippen molar-refractivity contribution in [3.8, 4) is 17.5 Å². The fourth-order valence-electron chi connectivity index (χ4n) is 4.97. The first kappa shape index (κ1) is 28.0. The van der Waals surface area contributed by atoms with Crippen molar-refractivity contribution in [1.82, 2.24) is 4.57 Å². The third-order valence-electron chi connectivity index (χ3n) is 6.75. The monoisotopic (exact) mass is 562 g/mol. The summed E-state index contributed by atoms with van der Waals surface area (Å²) >= 11 is 0. The number of nitrogens with zero attached hydrogens (tertiary/aromatic N) is 4. The molecule has 4 aromatic carbocycles. The van der Waals surface area contributed by atoms with Crippen molar-refractivity contribution in [3.05, 3.63) is 112 Å². The summed E-state index contributed by atoms with van der Waals surface area (Å²) in [5.41, 5.74) is 4.78. The first-order valence-electron chi connectivity index (χ1n) is 13.0. The molecule has 0 aliphatic rings. The molecule has 0 aliphatic heterocycles. The highest BCUT2D eigenvalue weighted by molar-refractivity contribution is 6.18. The van der Waals surface area contributed by atoms with Gasteiger partial charge in [0.1, 0.15) is 17.6 Å². The van der Waals surface area contributed by atoms with Gasteiger partial charge in [-0.3, -0.25) is 10.1 Å².